The molecule has 4 N–H and O–H groups in total. The molecule has 0 bridgehead atoms. The maximum atomic E-state index is 8.66. The third kappa shape index (κ3) is 21.6. The fourth-order valence-corrected chi connectivity index (χ4v) is 0.789. The summed E-state index contributed by atoms with van der Waals surface area (Å²) in [6, 6.07) is 0. The third-order valence-corrected chi connectivity index (χ3v) is 1.68. The average molecular weight is 254 g/mol. The lowest BCUT2D eigenvalue weighted by Crippen LogP contribution is -2.12. The summed E-state index contributed by atoms with van der Waals surface area (Å²) in [6.45, 7) is 3.35. The van der Waals surface area contributed by atoms with Gasteiger partial charge in [0, 0.05) is 13.2 Å². The minimum Gasteiger partial charge on any atom is -0.396 e. The summed E-state index contributed by atoms with van der Waals surface area (Å²) in [7, 11) is 0. The molecular weight excluding hydrogens is 228 g/mol. The van der Waals surface area contributed by atoms with Crippen LogP contribution in [0.3, 0.4) is 0 Å². The summed E-state index contributed by atoms with van der Waals surface area (Å²) in [5.41, 5.74) is 0. The first kappa shape index (κ1) is 19.1. The Morgan fingerprint density at radius 3 is 2.00 bits per heavy atom. The van der Waals surface area contributed by atoms with Crippen LogP contribution in [0.1, 0.15) is 26.2 Å². The van der Waals surface area contributed by atoms with Crippen LogP contribution in [-0.2, 0) is 9.47 Å². The van der Waals surface area contributed by atoms with Crippen LogP contribution in [0.5, 0.6) is 0 Å². The molecule has 0 amide bonds. The first-order valence-corrected chi connectivity index (χ1v) is 5.92. The summed E-state index contributed by atoms with van der Waals surface area (Å²) in [5.74, 6) is 0. The lowest BCUT2D eigenvalue weighted by Gasteiger charge is -2.06. The van der Waals surface area contributed by atoms with Crippen molar-refractivity contribution in [1.82, 2.24) is 0 Å². The lowest BCUT2D eigenvalue weighted by atomic mass is 10.3. The van der Waals surface area contributed by atoms with Crippen LogP contribution in [0.4, 0.5) is 0 Å². The number of aliphatic hydroxyl groups excluding tert-OH is 4. The van der Waals surface area contributed by atoms with Gasteiger partial charge in [0.15, 0.2) is 6.29 Å². The molecule has 0 spiro atoms. The van der Waals surface area contributed by atoms with Crippen molar-refractivity contribution < 1.29 is 29.9 Å². The quantitative estimate of drug-likeness (QED) is 0.309. The topological polar surface area (TPSA) is 99.4 Å². The monoisotopic (exact) mass is 254 g/mol. The zero-order chi connectivity index (χ0) is 13.4. The van der Waals surface area contributed by atoms with Crippen molar-refractivity contribution in [3.05, 3.63) is 0 Å². The van der Waals surface area contributed by atoms with Crippen LogP contribution in [0.15, 0.2) is 0 Å². The Bertz CT molecular complexity index is 117. The van der Waals surface area contributed by atoms with Gasteiger partial charge >= 0.3 is 0 Å². The molecule has 1 unspecified atom stereocenters. The molecule has 0 aliphatic rings. The largest absolute Gasteiger partial charge is 0.396 e. The number of unbranched alkanes of at least 4 members (excludes halogenated alkanes) is 1. The van der Waals surface area contributed by atoms with Gasteiger partial charge in [-0.2, -0.15) is 0 Å². The van der Waals surface area contributed by atoms with Gasteiger partial charge in [-0.1, -0.05) is 6.92 Å². The van der Waals surface area contributed by atoms with Crippen LogP contribution < -0.4 is 0 Å². The molecule has 0 aliphatic heterocycles. The van der Waals surface area contributed by atoms with Gasteiger partial charge in [0.1, 0.15) is 0 Å². The Balaban J connectivity index is 0. The molecular formula is C11H26O6. The SMILES string of the molecule is CCC(O)OCCO.OCCCCOCCO. The van der Waals surface area contributed by atoms with Gasteiger partial charge in [-0.25, -0.2) is 0 Å². The van der Waals surface area contributed by atoms with Crippen molar-refractivity contribution in [2.75, 3.05) is 39.6 Å². The van der Waals surface area contributed by atoms with Crippen molar-refractivity contribution in [3.8, 4) is 0 Å². The predicted octanol–water partition coefficient (Wildman–Crippen LogP) is -0.508. The Morgan fingerprint density at radius 2 is 1.53 bits per heavy atom. The normalized spacial score (nSPS) is 11.8. The molecule has 0 heterocycles. The molecule has 0 fully saturated rings. The van der Waals surface area contributed by atoms with Gasteiger partial charge in [0.25, 0.3) is 0 Å². The summed E-state index contributed by atoms with van der Waals surface area (Å²) in [6.07, 6.45) is 1.52. The van der Waals surface area contributed by atoms with Crippen molar-refractivity contribution in [3.63, 3.8) is 0 Å². The molecule has 17 heavy (non-hydrogen) atoms. The maximum Gasteiger partial charge on any atom is 0.154 e. The van der Waals surface area contributed by atoms with E-state index in [9.17, 15) is 0 Å². The fraction of sp³-hybridized carbons (Fsp3) is 1.00. The summed E-state index contributed by atoms with van der Waals surface area (Å²) >= 11 is 0. The molecule has 106 valence electrons. The molecule has 0 radical (unpaired) electrons. The maximum absolute atomic E-state index is 8.66. The minimum absolute atomic E-state index is 0.0307. The first-order valence-electron chi connectivity index (χ1n) is 5.92. The van der Waals surface area contributed by atoms with Crippen LogP contribution >= 0.6 is 0 Å². The van der Waals surface area contributed by atoms with Gasteiger partial charge in [0.2, 0.25) is 0 Å². The summed E-state index contributed by atoms with van der Waals surface area (Å²) in [4.78, 5) is 0. The van der Waals surface area contributed by atoms with Gasteiger partial charge in [0.05, 0.1) is 26.4 Å². The highest BCUT2D eigenvalue weighted by Crippen LogP contribution is 1.89. The van der Waals surface area contributed by atoms with E-state index in [0.717, 1.165) is 12.8 Å². The molecule has 0 saturated heterocycles. The van der Waals surface area contributed by atoms with Crippen LogP contribution in [0.2, 0.25) is 0 Å². The van der Waals surface area contributed by atoms with Crippen molar-refractivity contribution >= 4 is 0 Å². The van der Waals surface area contributed by atoms with Gasteiger partial charge in [-0.15, -0.1) is 0 Å². The summed E-state index contributed by atoms with van der Waals surface area (Å²) in [5, 5.41) is 33.4. The molecule has 0 aliphatic carbocycles. The summed E-state index contributed by atoms with van der Waals surface area (Å²) < 4.78 is 9.57. The molecule has 6 nitrogen and oxygen atoms in total. The van der Waals surface area contributed by atoms with E-state index in [4.69, 9.17) is 25.2 Å². The highest BCUT2D eigenvalue weighted by molar-refractivity contribution is 4.35. The van der Waals surface area contributed by atoms with E-state index in [-0.39, 0.29) is 26.4 Å². The van der Waals surface area contributed by atoms with E-state index >= 15 is 0 Å². The molecule has 0 aromatic rings. The first-order chi connectivity index (χ1) is 8.22. The Hall–Kier alpha value is -0.240. The molecule has 1 atom stereocenters. The van der Waals surface area contributed by atoms with E-state index in [2.05, 4.69) is 4.74 Å². The van der Waals surface area contributed by atoms with Gasteiger partial charge in [-0.05, 0) is 19.3 Å². The second kappa shape index (κ2) is 18.1. The zero-order valence-corrected chi connectivity index (χ0v) is 10.5. The average Bonchev–Trinajstić information content (AvgIpc) is 2.36. The Kier molecular flexibility index (Phi) is 20.4. The number of rotatable bonds is 10. The number of ether oxygens (including phenoxy) is 2. The second-order valence-electron chi connectivity index (χ2n) is 3.22. The Morgan fingerprint density at radius 1 is 0.882 bits per heavy atom. The third-order valence-electron chi connectivity index (χ3n) is 1.68. The lowest BCUT2D eigenvalue weighted by molar-refractivity contribution is -0.107. The minimum atomic E-state index is -0.706. The fourth-order valence-electron chi connectivity index (χ4n) is 0.789. The van der Waals surface area contributed by atoms with E-state index in [1.807, 2.05) is 6.92 Å². The molecule has 0 aromatic carbocycles. The number of hydrogen-bond acceptors (Lipinski definition) is 6. The van der Waals surface area contributed by atoms with E-state index < -0.39 is 6.29 Å². The van der Waals surface area contributed by atoms with Crippen LogP contribution in [0, 0.1) is 0 Å². The highest BCUT2D eigenvalue weighted by atomic mass is 16.6. The van der Waals surface area contributed by atoms with Crippen molar-refractivity contribution in [2.45, 2.75) is 32.5 Å². The second-order valence-corrected chi connectivity index (χ2v) is 3.22. The standard InChI is InChI=1S/C6H14O3.C5H12O3/c7-3-1-2-5-9-6-4-8;1-2-5(7)8-4-3-6/h7-8H,1-6H2;5-7H,2-4H2,1H3. The molecule has 0 rings (SSSR count). The van der Waals surface area contributed by atoms with E-state index in [0.29, 0.717) is 19.6 Å². The molecule has 6 heteroatoms. The van der Waals surface area contributed by atoms with Crippen molar-refractivity contribution in [2.24, 2.45) is 0 Å². The highest BCUT2D eigenvalue weighted by Gasteiger charge is 1.96. The van der Waals surface area contributed by atoms with E-state index in [1.165, 1.54) is 0 Å². The van der Waals surface area contributed by atoms with Crippen molar-refractivity contribution in [1.29, 1.82) is 0 Å². The van der Waals surface area contributed by atoms with E-state index in [1.54, 1.807) is 0 Å². The Labute approximate surface area is 103 Å². The molecule has 0 aromatic heterocycles. The smallest absolute Gasteiger partial charge is 0.154 e. The number of hydrogen-bond donors (Lipinski definition) is 4. The van der Waals surface area contributed by atoms with Crippen LogP contribution in [0.25, 0.3) is 0 Å². The van der Waals surface area contributed by atoms with Crippen LogP contribution in [-0.4, -0.2) is 66.4 Å². The molecule has 0 saturated carbocycles. The zero-order valence-electron chi connectivity index (χ0n) is 10.5. The van der Waals surface area contributed by atoms with Gasteiger partial charge in [-0.3, -0.25) is 0 Å². The number of aliphatic hydroxyl groups is 4. The van der Waals surface area contributed by atoms with Gasteiger partial charge < -0.3 is 29.9 Å². The predicted molar refractivity (Wildman–Crippen MR) is 63.6 cm³/mol.